The molecule has 0 aliphatic heterocycles. The molecule has 0 aliphatic rings. The van der Waals surface area contributed by atoms with Gasteiger partial charge in [-0.2, -0.15) is 0 Å². The number of rotatable bonds is 2. The van der Waals surface area contributed by atoms with E-state index in [1.807, 2.05) is 36.4 Å². The molecule has 2 heteroatoms. The largest absolute Gasteiger partial charge is 0.345 e. The number of amides is 1. The third-order valence-electron chi connectivity index (χ3n) is 1.81. The van der Waals surface area contributed by atoms with Crippen LogP contribution in [-0.4, -0.2) is 24.9 Å². The summed E-state index contributed by atoms with van der Waals surface area (Å²) in [4.78, 5) is 12.2. The van der Waals surface area contributed by atoms with Gasteiger partial charge >= 0.3 is 0 Å². The van der Waals surface area contributed by atoms with Gasteiger partial charge in [-0.15, -0.1) is 0 Å². The summed E-state index contributed by atoms with van der Waals surface area (Å²) in [6.45, 7) is 8.81. The molecule has 1 rings (SSSR count). The van der Waals surface area contributed by atoms with E-state index in [0.717, 1.165) is 0 Å². The van der Waals surface area contributed by atoms with Crippen LogP contribution in [0.25, 0.3) is 6.08 Å². The average molecular weight is 217 g/mol. The molecule has 0 spiro atoms. The fourth-order valence-electron chi connectivity index (χ4n) is 0.971. The van der Waals surface area contributed by atoms with Gasteiger partial charge in [-0.3, -0.25) is 4.79 Å². The fourth-order valence-corrected chi connectivity index (χ4v) is 0.971. The van der Waals surface area contributed by atoms with E-state index in [9.17, 15) is 4.79 Å². The maximum absolute atomic E-state index is 10.7. The Bertz CT molecular complexity index is 352. The van der Waals surface area contributed by atoms with E-state index in [-0.39, 0.29) is 5.91 Å². The smallest absolute Gasteiger partial charge is 0.248 e. The van der Waals surface area contributed by atoms with Crippen molar-refractivity contribution in [2.75, 3.05) is 14.1 Å². The zero-order valence-corrected chi connectivity index (χ0v) is 10.2. The molecule has 2 nitrogen and oxygen atoms in total. The van der Waals surface area contributed by atoms with Crippen molar-refractivity contribution in [2.45, 2.75) is 6.92 Å². The highest BCUT2D eigenvalue weighted by Gasteiger charge is 2.01. The first-order chi connectivity index (χ1) is 7.49. The molecule has 0 aromatic heterocycles. The molecule has 0 fully saturated rings. The topological polar surface area (TPSA) is 20.3 Å². The van der Waals surface area contributed by atoms with Crippen molar-refractivity contribution in [3.63, 3.8) is 0 Å². The molecule has 0 aliphatic carbocycles. The molecule has 0 atom stereocenters. The lowest BCUT2D eigenvalue weighted by Gasteiger charge is -2.07. The van der Waals surface area contributed by atoms with Crippen LogP contribution in [0.3, 0.4) is 0 Å². The summed E-state index contributed by atoms with van der Waals surface area (Å²) in [7, 11) is 3.41. The van der Waals surface area contributed by atoms with Gasteiger partial charge in [0.15, 0.2) is 0 Å². The maximum atomic E-state index is 10.7. The standard InChI is InChI=1S/C8H8.C6H11NO/c1-2-8-6-4-3-5-7-8;1-5(2)6(8)7(3)4/h2-7H,1H2;1H2,2-4H3. The monoisotopic (exact) mass is 217 g/mol. The third kappa shape index (κ3) is 5.81. The summed E-state index contributed by atoms with van der Waals surface area (Å²) in [6, 6.07) is 10.0. The Hall–Kier alpha value is -1.83. The van der Waals surface area contributed by atoms with Crippen molar-refractivity contribution < 1.29 is 4.79 Å². The van der Waals surface area contributed by atoms with E-state index in [1.165, 1.54) is 10.5 Å². The summed E-state index contributed by atoms with van der Waals surface area (Å²) in [5.74, 6) is -0.00926. The van der Waals surface area contributed by atoms with Crippen LogP contribution in [0.15, 0.2) is 49.1 Å². The number of hydrogen-bond donors (Lipinski definition) is 0. The highest BCUT2D eigenvalue weighted by molar-refractivity contribution is 5.91. The fraction of sp³-hybridized carbons (Fsp3) is 0.214. The predicted molar refractivity (Wildman–Crippen MR) is 70.0 cm³/mol. The summed E-state index contributed by atoms with van der Waals surface area (Å²) >= 11 is 0. The van der Waals surface area contributed by atoms with E-state index in [2.05, 4.69) is 13.2 Å². The van der Waals surface area contributed by atoms with E-state index >= 15 is 0 Å². The van der Waals surface area contributed by atoms with Crippen LogP contribution >= 0.6 is 0 Å². The zero-order valence-electron chi connectivity index (χ0n) is 10.2. The summed E-state index contributed by atoms with van der Waals surface area (Å²) in [6.07, 6.45) is 1.83. The Morgan fingerprint density at radius 3 is 1.94 bits per heavy atom. The average Bonchev–Trinajstić information content (AvgIpc) is 2.29. The van der Waals surface area contributed by atoms with Crippen LogP contribution in [0.2, 0.25) is 0 Å². The number of likely N-dealkylation sites (N-methyl/N-ethyl adjacent to an activating group) is 1. The Balaban J connectivity index is 0.000000281. The first-order valence-corrected chi connectivity index (χ1v) is 5.03. The van der Waals surface area contributed by atoms with Crippen molar-refractivity contribution in [1.29, 1.82) is 0 Å². The van der Waals surface area contributed by atoms with Gasteiger partial charge in [-0.25, -0.2) is 0 Å². The zero-order chi connectivity index (χ0) is 12.6. The third-order valence-corrected chi connectivity index (χ3v) is 1.81. The summed E-state index contributed by atoms with van der Waals surface area (Å²) in [5.41, 5.74) is 1.75. The Labute approximate surface area is 97.9 Å². The quantitative estimate of drug-likeness (QED) is 0.697. The van der Waals surface area contributed by atoms with Crippen LogP contribution in [0.5, 0.6) is 0 Å². The van der Waals surface area contributed by atoms with Crippen LogP contribution in [0.1, 0.15) is 12.5 Å². The first-order valence-electron chi connectivity index (χ1n) is 5.03. The number of nitrogens with zero attached hydrogens (tertiary/aromatic N) is 1. The Morgan fingerprint density at radius 2 is 1.75 bits per heavy atom. The normalized spacial score (nSPS) is 8.44. The van der Waals surface area contributed by atoms with Gasteiger partial charge in [0.05, 0.1) is 0 Å². The minimum atomic E-state index is -0.00926. The first kappa shape index (κ1) is 14.2. The lowest BCUT2D eigenvalue weighted by atomic mass is 10.2. The van der Waals surface area contributed by atoms with Gasteiger partial charge < -0.3 is 4.90 Å². The van der Waals surface area contributed by atoms with E-state index in [1.54, 1.807) is 21.0 Å². The maximum Gasteiger partial charge on any atom is 0.248 e. The van der Waals surface area contributed by atoms with Crippen molar-refractivity contribution in [2.24, 2.45) is 0 Å². The molecule has 0 saturated carbocycles. The van der Waals surface area contributed by atoms with Crippen molar-refractivity contribution in [1.82, 2.24) is 4.90 Å². The van der Waals surface area contributed by atoms with Gasteiger partial charge in [-0.1, -0.05) is 49.6 Å². The predicted octanol–water partition coefficient (Wildman–Crippen LogP) is 2.98. The number of carbonyl (C=O) groups excluding carboxylic acids is 1. The second kappa shape index (κ2) is 7.46. The molecule has 0 N–H and O–H groups in total. The molecule has 16 heavy (non-hydrogen) atoms. The molecular formula is C14H19NO. The molecule has 0 radical (unpaired) electrons. The van der Waals surface area contributed by atoms with Crippen LogP contribution < -0.4 is 0 Å². The minimum absolute atomic E-state index is 0.00926. The highest BCUT2D eigenvalue weighted by Crippen LogP contribution is 1.97. The molecule has 86 valence electrons. The molecule has 0 bridgehead atoms. The number of hydrogen-bond acceptors (Lipinski definition) is 1. The van der Waals surface area contributed by atoms with Gasteiger partial charge in [-0.05, 0) is 12.5 Å². The lowest BCUT2D eigenvalue weighted by molar-refractivity contribution is -0.124. The van der Waals surface area contributed by atoms with Gasteiger partial charge in [0, 0.05) is 19.7 Å². The summed E-state index contributed by atoms with van der Waals surface area (Å²) < 4.78 is 0. The van der Waals surface area contributed by atoms with E-state index in [4.69, 9.17) is 0 Å². The SMILES string of the molecule is C=C(C)C(=O)N(C)C.C=Cc1ccccc1. The highest BCUT2D eigenvalue weighted by atomic mass is 16.2. The molecule has 1 aromatic carbocycles. The number of benzene rings is 1. The Morgan fingerprint density at radius 1 is 1.25 bits per heavy atom. The van der Waals surface area contributed by atoms with Crippen LogP contribution in [0, 0.1) is 0 Å². The minimum Gasteiger partial charge on any atom is -0.345 e. The van der Waals surface area contributed by atoms with Crippen molar-refractivity contribution in [3.8, 4) is 0 Å². The lowest BCUT2D eigenvalue weighted by Crippen LogP contribution is -2.21. The van der Waals surface area contributed by atoms with E-state index < -0.39 is 0 Å². The van der Waals surface area contributed by atoms with Crippen molar-refractivity contribution >= 4 is 12.0 Å². The second-order valence-corrected chi connectivity index (χ2v) is 3.59. The molecule has 0 unspecified atom stereocenters. The van der Waals surface area contributed by atoms with Crippen LogP contribution in [-0.2, 0) is 4.79 Å². The van der Waals surface area contributed by atoms with Gasteiger partial charge in [0.1, 0.15) is 0 Å². The van der Waals surface area contributed by atoms with Gasteiger partial charge in [0.25, 0.3) is 0 Å². The second-order valence-electron chi connectivity index (χ2n) is 3.59. The molecule has 1 amide bonds. The van der Waals surface area contributed by atoms with Crippen molar-refractivity contribution in [3.05, 3.63) is 54.6 Å². The molecular weight excluding hydrogens is 198 g/mol. The van der Waals surface area contributed by atoms with Gasteiger partial charge in [0.2, 0.25) is 5.91 Å². The van der Waals surface area contributed by atoms with E-state index in [0.29, 0.717) is 5.57 Å². The molecule has 0 saturated heterocycles. The number of carbonyl (C=O) groups is 1. The van der Waals surface area contributed by atoms with Crippen LogP contribution in [0.4, 0.5) is 0 Å². The molecule has 0 heterocycles. The molecule has 1 aromatic rings. The Kier molecular flexibility index (Phi) is 6.61. The summed E-state index contributed by atoms with van der Waals surface area (Å²) in [5, 5.41) is 0.